The zero-order valence-electron chi connectivity index (χ0n) is 13.2. The Balaban J connectivity index is 1.72. The molecule has 2 aliphatic heterocycles. The van der Waals surface area contributed by atoms with Crippen LogP contribution in [0.25, 0.3) is 11.2 Å². The molecule has 2 aromatic heterocycles. The minimum absolute atomic E-state index is 0.528. The van der Waals surface area contributed by atoms with Crippen molar-refractivity contribution >= 4 is 22.9 Å². The van der Waals surface area contributed by atoms with Crippen LogP contribution in [0.15, 0.2) is 18.3 Å². The molecule has 5 heteroatoms. The van der Waals surface area contributed by atoms with Crippen molar-refractivity contribution in [1.29, 1.82) is 0 Å². The SMILES string of the molecule is CN1CCCC(n2c(CC3CCCS3)nc3cccnc32)C1. The lowest BCUT2D eigenvalue weighted by atomic mass is 10.1. The van der Waals surface area contributed by atoms with Crippen molar-refractivity contribution in [1.82, 2.24) is 19.4 Å². The Morgan fingerprint density at radius 2 is 2.27 bits per heavy atom. The highest BCUT2D eigenvalue weighted by atomic mass is 32.2. The molecule has 4 nitrogen and oxygen atoms in total. The van der Waals surface area contributed by atoms with E-state index in [0.29, 0.717) is 6.04 Å². The molecule has 2 atom stereocenters. The van der Waals surface area contributed by atoms with E-state index in [9.17, 15) is 0 Å². The molecule has 2 unspecified atom stereocenters. The van der Waals surface area contributed by atoms with Gasteiger partial charge in [0.25, 0.3) is 0 Å². The monoisotopic (exact) mass is 316 g/mol. The van der Waals surface area contributed by atoms with Gasteiger partial charge in [-0.15, -0.1) is 0 Å². The summed E-state index contributed by atoms with van der Waals surface area (Å²) in [6, 6.07) is 4.64. The quantitative estimate of drug-likeness (QED) is 0.871. The number of hydrogen-bond acceptors (Lipinski definition) is 4. The van der Waals surface area contributed by atoms with Crippen molar-refractivity contribution in [2.45, 2.75) is 43.4 Å². The fourth-order valence-electron chi connectivity index (χ4n) is 3.86. The van der Waals surface area contributed by atoms with Crippen molar-refractivity contribution in [3.05, 3.63) is 24.2 Å². The molecule has 2 saturated heterocycles. The first-order valence-electron chi connectivity index (χ1n) is 8.43. The Labute approximate surface area is 136 Å². The molecular formula is C17H24N4S. The van der Waals surface area contributed by atoms with Crippen LogP contribution < -0.4 is 0 Å². The molecule has 2 aromatic rings. The predicted molar refractivity (Wildman–Crippen MR) is 92.5 cm³/mol. The van der Waals surface area contributed by atoms with Crippen LogP contribution in [0.3, 0.4) is 0 Å². The first kappa shape index (κ1) is 14.5. The minimum Gasteiger partial charge on any atom is -0.308 e. The number of piperidine rings is 1. The maximum atomic E-state index is 4.95. The largest absolute Gasteiger partial charge is 0.308 e. The van der Waals surface area contributed by atoms with Gasteiger partial charge < -0.3 is 9.47 Å². The van der Waals surface area contributed by atoms with Gasteiger partial charge in [0.15, 0.2) is 5.65 Å². The number of nitrogens with zero attached hydrogens (tertiary/aromatic N) is 4. The van der Waals surface area contributed by atoms with Gasteiger partial charge in [-0.2, -0.15) is 11.8 Å². The smallest absolute Gasteiger partial charge is 0.160 e. The van der Waals surface area contributed by atoms with Crippen LogP contribution in [0.1, 0.15) is 37.5 Å². The van der Waals surface area contributed by atoms with Crippen molar-refractivity contribution in [3.8, 4) is 0 Å². The van der Waals surface area contributed by atoms with E-state index in [1.807, 2.05) is 12.3 Å². The number of rotatable bonds is 3. The van der Waals surface area contributed by atoms with Gasteiger partial charge in [-0.3, -0.25) is 0 Å². The van der Waals surface area contributed by atoms with Crippen LogP contribution in [0.2, 0.25) is 0 Å². The highest BCUT2D eigenvalue weighted by molar-refractivity contribution is 8.00. The summed E-state index contributed by atoms with van der Waals surface area (Å²) in [5.74, 6) is 2.57. The van der Waals surface area contributed by atoms with E-state index in [4.69, 9.17) is 4.98 Å². The van der Waals surface area contributed by atoms with E-state index in [2.05, 4.69) is 39.3 Å². The average molecular weight is 316 g/mol. The fourth-order valence-corrected chi connectivity index (χ4v) is 5.13. The lowest BCUT2D eigenvalue weighted by Crippen LogP contribution is -2.34. The van der Waals surface area contributed by atoms with E-state index in [0.717, 1.165) is 29.4 Å². The third-order valence-corrected chi connectivity index (χ3v) is 6.32. The van der Waals surface area contributed by atoms with Crippen LogP contribution in [0, 0.1) is 0 Å². The molecule has 118 valence electrons. The number of likely N-dealkylation sites (tertiary alicyclic amines) is 1. The molecule has 0 spiro atoms. The van der Waals surface area contributed by atoms with E-state index < -0.39 is 0 Å². The first-order valence-corrected chi connectivity index (χ1v) is 9.48. The summed E-state index contributed by atoms with van der Waals surface area (Å²) in [7, 11) is 2.23. The normalized spacial score (nSPS) is 26.8. The van der Waals surface area contributed by atoms with Gasteiger partial charge >= 0.3 is 0 Å². The molecule has 0 aromatic carbocycles. The van der Waals surface area contributed by atoms with Gasteiger partial charge in [-0.25, -0.2) is 9.97 Å². The van der Waals surface area contributed by atoms with Crippen LogP contribution in [-0.4, -0.2) is 50.6 Å². The molecule has 0 saturated carbocycles. The maximum absolute atomic E-state index is 4.95. The van der Waals surface area contributed by atoms with Gasteiger partial charge in [0.2, 0.25) is 0 Å². The topological polar surface area (TPSA) is 34.0 Å². The van der Waals surface area contributed by atoms with Gasteiger partial charge in [-0.1, -0.05) is 0 Å². The second-order valence-electron chi connectivity index (χ2n) is 6.64. The third kappa shape index (κ3) is 2.76. The van der Waals surface area contributed by atoms with E-state index in [1.54, 1.807) is 0 Å². The molecule has 2 fully saturated rings. The van der Waals surface area contributed by atoms with Crippen LogP contribution in [-0.2, 0) is 6.42 Å². The summed E-state index contributed by atoms with van der Waals surface area (Å²) in [6.07, 6.45) is 8.22. The number of hydrogen-bond donors (Lipinski definition) is 0. The summed E-state index contributed by atoms with van der Waals surface area (Å²) >= 11 is 2.12. The summed E-state index contributed by atoms with van der Waals surface area (Å²) in [6.45, 7) is 2.33. The number of thioether (sulfide) groups is 1. The van der Waals surface area contributed by atoms with Crippen LogP contribution in [0.4, 0.5) is 0 Å². The molecule has 4 heterocycles. The van der Waals surface area contributed by atoms with Gasteiger partial charge in [0.1, 0.15) is 11.3 Å². The molecule has 4 rings (SSSR count). The average Bonchev–Trinajstić information content (AvgIpc) is 3.14. The number of aromatic nitrogens is 3. The Kier molecular flexibility index (Phi) is 4.09. The Hall–Kier alpha value is -1.07. The zero-order valence-corrected chi connectivity index (χ0v) is 14.1. The highest BCUT2D eigenvalue weighted by Crippen LogP contribution is 2.32. The minimum atomic E-state index is 0.528. The Morgan fingerprint density at radius 1 is 1.32 bits per heavy atom. The number of imidazole rings is 1. The molecule has 0 aliphatic carbocycles. The highest BCUT2D eigenvalue weighted by Gasteiger charge is 2.26. The van der Waals surface area contributed by atoms with E-state index in [1.165, 1.54) is 43.8 Å². The molecule has 0 amide bonds. The fraction of sp³-hybridized carbons (Fsp3) is 0.647. The van der Waals surface area contributed by atoms with Gasteiger partial charge in [0, 0.05) is 30.5 Å². The third-order valence-electron chi connectivity index (χ3n) is 4.92. The van der Waals surface area contributed by atoms with Gasteiger partial charge in [0.05, 0.1) is 0 Å². The summed E-state index contributed by atoms with van der Waals surface area (Å²) in [4.78, 5) is 12.0. The zero-order chi connectivity index (χ0) is 14.9. The summed E-state index contributed by atoms with van der Waals surface area (Å²) in [5, 5.41) is 0.747. The molecule has 2 aliphatic rings. The molecule has 22 heavy (non-hydrogen) atoms. The van der Waals surface area contributed by atoms with Crippen molar-refractivity contribution in [2.75, 3.05) is 25.9 Å². The number of likely N-dealkylation sites (N-methyl/N-ethyl adjacent to an activating group) is 1. The van der Waals surface area contributed by atoms with Crippen molar-refractivity contribution in [3.63, 3.8) is 0 Å². The predicted octanol–water partition coefficient (Wildman–Crippen LogP) is 3.14. The van der Waals surface area contributed by atoms with Crippen molar-refractivity contribution in [2.24, 2.45) is 0 Å². The molecule has 0 N–H and O–H groups in total. The lowest BCUT2D eigenvalue weighted by molar-refractivity contribution is 0.212. The second-order valence-corrected chi connectivity index (χ2v) is 8.05. The van der Waals surface area contributed by atoms with Crippen LogP contribution in [0.5, 0.6) is 0 Å². The van der Waals surface area contributed by atoms with E-state index >= 15 is 0 Å². The standard InChI is InChI=1S/C17H24N4S/c1-20-9-3-5-13(12-20)21-16(11-14-6-4-10-22-14)19-15-7-2-8-18-17(15)21/h2,7-8,13-14H,3-6,9-12H2,1H3. The first-order chi connectivity index (χ1) is 10.8. The lowest BCUT2D eigenvalue weighted by Gasteiger charge is -2.31. The summed E-state index contributed by atoms with van der Waals surface area (Å²) < 4.78 is 2.46. The Morgan fingerprint density at radius 3 is 3.09 bits per heavy atom. The van der Waals surface area contributed by atoms with E-state index in [-0.39, 0.29) is 0 Å². The number of fused-ring (bicyclic) bond motifs is 1. The summed E-state index contributed by atoms with van der Waals surface area (Å²) in [5.41, 5.74) is 2.15. The maximum Gasteiger partial charge on any atom is 0.160 e. The second kappa shape index (κ2) is 6.20. The van der Waals surface area contributed by atoms with Crippen molar-refractivity contribution < 1.29 is 0 Å². The van der Waals surface area contributed by atoms with Gasteiger partial charge in [-0.05, 0) is 57.2 Å². The molecule has 0 radical (unpaired) electrons. The number of pyridine rings is 1. The van der Waals surface area contributed by atoms with Crippen LogP contribution >= 0.6 is 11.8 Å². The Bertz CT molecular complexity index is 647. The molecule has 0 bridgehead atoms. The molecular weight excluding hydrogens is 292 g/mol.